The summed E-state index contributed by atoms with van der Waals surface area (Å²) in [6, 6.07) is 19.2. The zero-order valence-corrected chi connectivity index (χ0v) is 20.9. The highest BCUT2D eigenvalue weighted by Gasteiger charge is 2.41. The van der Waals surface area contributed by atoms with Gasteiger partial charge in [-0.2, -0.15) is 0 Å². The largest absolute Gasteiger partial charge is 0.497 e. The van der Waals surface area contributed by atoms with E-state index in [1.54, 1.807) is 31.4 Å². The Bertz CT molecular complexity index is 1230. The van der Waals surface area contributed by atoms with Crippen molar-refractivity contribution in [1.29, 1.82) is 0 Å². The van der Waals surface area contributed by atoms with Crippen molar-refractivity contribution in [2.75, 3.05) is 13.7 Å². The van der Waals surface area contributed by atoms with Crippen LogP contribution in [0.5, 0.6) is 11.5 Å². The van der Waals surface area contributed by atoms with Crippen molar-refractivity contribution in [3.05, 3.63) is 106 Å². The van der Waals surface area contributed by atoms with Crippen molar-refractivity contribution >= 4 is 17.6 Å². The summed E-state index contributed by atoms with van der Waals surface area (Å²) in [4.78, 5) is 11.2. The average molecular weight is 511 g/mol. The van der Waals surface area contributed by atoms with Crippen molar-refractivity contribution in [3.63, 3.8) is 0 Å². The fourth-order valence-corrected chi connectivity index (χ4v) is 4.88. The summed E-state index contributed by atoms with van der Waals surface area (Å²) < 4.78 is 31.7. The lowest BCUT2D eigenvalue weighted by Crippen LogP contribution is -2.32. The third-order valence-electron chi connectivity index (χ3n) is 6.54. The molecule has 0 aliphatic carbocycles. The Labute approximate surface area is 215 Å². The number of hydrogen-bond acceptors (Lipinski definition) is 4. The highest BCUT2D eigenvalue weighted by molar-refractivity contribution is 6.30. The van der Waals surface area contributed by atoms with Crippen LogP contribution in [0.3, 0.4) is 0 Å². The highest BCUT2D eigenvalue weighted by Crippen LogP contribution is 2.53. The van der Waals surface area contributed by atoms with Gasteiger partial charge in [0.25, 0.3) is 0 Å². The second-order valence-electron chi connectivity index (χ2n) is 8.96. The molecule has 0 aromatic heterocycles. The standard InChI is InChI=1S/C29H28ClFO5/c1-17(2)23-15-24(18-4-8-20(30)9-5-18)28(19-6-10-21(31)11-7-19)36-29(23)25-14-22(34-3)12-13-26(25)35-16-27(32)33/h4-14,23-24,28-29H,1,15-16H2,2-3H3,(H,32,33)/t23-,24-,28+,29+/m1/s1. The van der Waals surface area contributed by atoms with Crippen LogP contribution in [0.25, 0.3) is 0 Å². The van der Waals surface area contributed by atoms with Gasteiger partial charge in [-0.1, -0.05) is 48.0 Å². The first-order valence-electron chi connectivity index (χ1n) is 11.6. The average Bonchev–Trinajstić information content (AvgIpc) is 2.87. The monoisotopic (exact) mass is 510 g/mol. The van der Waals surface area contributed by atoms with Crippen LogP contribution in [0, 0.1) is 11.7 Å². The molecule has 3 aromatic carbocycles. The molecule has 0 unspecified atom stereocenters. The van der Waals surface area contributed by atoms with E-state index < -0.39 is 24.8 Å². The van der Waals surface area contributed by atoms with E-state index in [4.69, 9.17) is 25.8 Å². The molecule has 1 N–H and O–H groups in total. The summed E-state index contributed by atoms with van der Waals surface area (Å²) in [5.41, 5.74) is 3.47. The fourth-order valence-electron chi connectivity index (χ4n) is 4.75. The Morgan fingerprint density at radius 3 is 2.36 bits per heavy atom. The Kier molecular flexibility index (Phi) is 7.97. The van der Waals surface area contributed by atoms with Gasteiger partial charge in [0, 0.05) is 22.4 Å². The summed E-state index contributed by atoms with van der Waals surface area (Å²) >= 11 is 6.15. The minimum Gasteiger partial charge on any atom is -0.497 e. The van der Waals surface area contributed by atoms with Gasteiger partial charge in [-0.05, 0) is 66.9 Å². The lowest BCUT2D eigenvalue weighted by atomic mass is 9.74. The van der Waals surface area contributed by atoms with Crippen molar-refractivity contribution < 1.29 is 28.5 Å². The summed E-state index contributed by atoms with van der Waals surface area (Å²) in [7, 11) is 1.56. The predicted molar refractivity (Wildman–Crippen MR) is 136 cm³/mol. The fraction of sp³-hybridized carbons (Fsp3) is 0.276. The highest BCUT2D eigenvalue weighted by atomic mass is 35.5. The van der Waals surface area contributed by atoms with Crippen LogP contribution in [0.4, 0.5) is 4.39 Å². The summed E-state index contributed by atoms with van der Waals surface area (Å²) in [5, 5.41) is 9.81. The number of carbonyl (C=O) groups is 1. The van der Waals surface area contributed by atoms with Gasteiger partial charge in [0.15, 0.2) is 6.61 Å². The van der Waals surface area contributed by atoms with Crippen LogP contribution >= 0.6 is 11.6 Å². The molecule has 1 saturated heterocycles. The predicted octanol–water partition coefficient (Wildman–Crippen LogP) is 7.13. The van der Waals surface area contributed by atoms with E-state index in [1.807, 2.05) is 37.3 Å². The molecule has 1 aliphatic rings. The van der Waals surface area contributed by atoms with E-state index in [9.17, 15) is 14.3 Å². The second-order valence-corrected chi connectivity index (χ2v) is 9.40. The number of ether oxygens (including phenoxy) is 3. The number of methoxy groups -OCH3 is 1. The minimum absolute atomic E-state index is 0.0559. The van der Waals surface area contributed by atoms with E-state index in [0.717, 1.165) is 16.7 Å². The van der Waals surface area contributed by atoms with Gasteiger partial charge in [0.05, 0.1) is 19.3 Å². The van der Waals surface area contributed by atoms with Crippen LogP contribution in [-0.2, 0) is 9.53 Å². The summed E-state index contributed by atoms with van der Waals surface area (Å²) in [5.74, 6) is -0.579. The first kappa shape index (κ1) is 25.7. The second kappa shape index (κ2) is 11.1. The number of carboxylic acid groups (broad SMARTS) is 1. The van der Waals surface area contributed by atoms with Gasteiger partial charge in [0.2, 0.25) is 0 Å². The number of halogens is 2. The van der Waals surface area contributed by atoms with E-state index in [1.165, 1.54) is 12.1 Å². The molecule has 4 rings (SSSR count). The third-order valence-corrected chi connectivity index (χ3v) is 6.79. The molecular weight excluding hydrogens is 483 g/mol. The van der Waals surface area contributed by atoms with Gasteiger partial charge in [-0.3, -0.25) is 0 Å². The number of rotatable bonds is 8. The molecule has 36 heavy (non-hydrogen) atoms. The first-order valence-corrected chi connectivity index (χ1v) is 12.0. The Morgan fingerprint density at radius 1 is 1.08 bits per heavy atom. The maximum atomic E-state index is 13.8. The molecule has 1 aliphatic heterocycles. The van der Waals surface area contributed by atoms with E-state index in [2.05, 4.69) is 6.58 Å². The molecule has 4 atom stereocenters. The van der Waals surface area contributed by atoms with Crippen molar-refractivity contribution in [2.24, 2.45) is 5.92 Å². The van der Waals surface area contributed by atoms with Gasteiger partial charge in [0.1, 0.15) is 17.3 Å². The molecule has 1 heterocycles. The summed E-state index contributed by atoms with van der Waals surface area (Å²) in [6.07, 6.45) is -0.217. The van der Waals surface area contributed by atoms with Crippen LogP contribution in [0.2, 0.25) is 5.02 Å². The molecule has 0 bridgehead atoms. The maximum Gasteiger partial charge on any atom is 0.341 e. The molecule has 3 aromatic rings. The lowest BCUT2D eigenvalue weighted by Gasteiger charge is -2.43. The summed E-state index contributed by atoms with van der Waals surface area (Å²) in [6.45, 7) is 5.70. The van der Waals surface area contributed by atoms with Crippen LogP contribution in [-0.4, -0.2) is 24.8 Å². The van der Waals surface area contributed by atoms with Crippen LogP contribution in [0.15, 0.2) is 78.9 Å². The quantitative estimate of drug-likeness (QED) is 0.326. The normalized spacial score (nSPS) is 21.6. The van der Waals surface area contributed by atoms with Crippen molar-refractivity contribution in [3.8, 4) is 11.5 Å². The van der Waals surface area contributed by atoms with E-state index in [0.29, 0.717) is 28.5 Å². The molecule has 188 valence electrons. The molecule has 1 fully saturated rings. The Balaban J connectivity index is 1.81. The molecule has 7 heteroatoms. The number of hydrogen-bond donors (Lipinski definition) is 1. The molecule has 0 amide bonds. The molecule has 5 nitrogen and oxygen atoms in total. The van der Waals surface area contributed by atoms with E-state index >= 15 is 0 Å². The molecule has 0 radical (unpaired) electrons. The Hall–Kier alpha value is -3.35. The molecule has 0 saturated carbocycles. The Morgan fingerprint density at radius 2 is 1.75 bits per heavy atom. The number of aliphatic carboxylic acids is 1. The van der Waals surface area contributed by atoms with Gasteiger partial charge in [-0.25, -0.2) is 9.18 Å². The number of benzene rings is 3. The zero-order chi connectivity index (χ0) is 25.8. The topological polar surface area (TPSA) is 65.0 Å². The van der Waals surface area contributed by atoms with Gasteiger partial charge < -0.3 is 19.3 Å². The lowest BCUT2D eigenvalue weighted by molar-refractivity contribution is -0.139. The minimum atomic E-state index is -1.08. The first-order chi connectivity index (χ1) is 17.3. The number of carboxylic acids is 1. The third kappa shape index (κ3) is 5.72. The smallest absolute Gasteiger partial charge is 0.341 e. The van der Waals surface area contributed by atoms with Crippen LogP contribution in [0.1, 0.15) is 48.2 Å². The van der Waals surface area contributed by atoms with Crippen molar-refractivity contribution in [2.45, 2.75) is 31.5 Å². The van der Waals surface area contributed by atoms with Gasteiger partial charge >= 0.3 is 5.97 Å². The van der Waals surface area contributed by atoms with Crippen molar-refractivity contribution in [1.82, 2.24) is 0 Å². The SMILES string of the molecule is C=C(C)[C@H]1C[C@H](c2ccc(Cl)cc2)[C@H](c2ccc(F)cc2)O[C@@H]1c1cc(OC)ccc1OCC(=O)O. The van der Waals surface area contributed by atoms with E-state index in [-0.39, 0.29) is 17.7 Å². The maximum absolute atomic E-state index is 13.8. The van der Waals surface area contributed by atoms with Gasteiger partial charge in [-0.15, -0.1) is 0 Å². The van der Waals surface area contributed by atoms with Crippen LogP contribution < -0.4 is 9.47 Å². The molecule has 0 spiro atoms. The zero-order valence-electron chi connectivity index (χ0n) is 20.1. The molecular formula is C29H28ClFO5.